The standard InChI is InChI=1S/C45H28N2O3S/c1-3-11-29(12-4-1)30-20-24-33(25-21-30)47(34-26-22-31(23-27-34)35-15-9-16-36-37-17-10-28-46-44(37)50-40(35)36)45-42-41(43(51-45)32-13-5-2-6-14-32)48-38-18-7-8-19-39(38)49-42/h1-28H. The Balaban J connectivity index is 1.13. The predicted molar refractivity (Wildman–Crippen MR) is 207 cm³/mol. The highest BCUT2D eigenvalue weighted by Crippen LogP contribution is 2.61. The lowest BCUT2D eigenvalue weighted by molar-refractivity contribution is 0.364. The first-order chi connectivity index (χ1) is 25.3. The summed E-state index contributed by atoms with van der Waals surface area (Å²) in [5.41, 5.74) is 8.90. The van der Waals surface area contributed by atoms with Gasteiger partial charge in [0.2, 0.25) is 11.5 Å². The molecule has 51 heavy (non-hydrogen) atoms. The Bertz CT molecular complexity index is 2680. The Kier molecular flexibility index (Phi) is 6.93. The summed E-state index contributed by atoms with van der Waals surface area (Å²) in [6.07, 6.45) is 1.76. The van der Waals surface area contributed by atoms with E-state index in [4.69, 9.17) is 13.9 Å². The number of rotatable bonds is 6. The van der Waals surface area contributed by atoms with E-state index in [1.807, 2.05) is 42.5 Å². The maximum atomic E-state index is 6.72. The van der Waals surface area contributed by atoms with E-state index in [0.29, 0.717) is 28.7 Å². The Morgan fingerprint density at radius 1 is 0.471 bits per heavy atom. The van der Waals surface area contributed by atoms with Crippen LogP contribution in [0.25, 0.3) is 54.8 Å². The fourth-order valence-corrected chi connectivity index (χ4v) is 8.01. The first-order valence-electron chi connectivity index (χ1n) is 16.8. The highest BCUT2D eigenvalue weighted by Gasteiger charge is 2.32. The van der Waals surface area contributed by atoms with Gasteiger partial charge in [0, 0.05) is 33.9 Å². The third-order valence-corrected chi connectivity index (χ3v) is 10.4. The molecular formula is C45H28N2O3S. The van der Waals surface area contributed by atoms with Crippen molar-refractivity contribution in [2.75, 3.05) is 4.90 Å². The first kappa shape index (κ1) is 29.3. The molecule has 10 rings (SSSR count). The average Bonchev–Trinajstić information content (AvgIpc) is 3.77. The summed E-state index contributed by atoms with van der Waals surface area (Å²) in [5.74, 6) is 2.79. The average molecular weight is 677 g/mol. The minimum absolute atomic E-state index is 0.641. The van der Waals surface area contributed by atoms with Gasteiger partial charge in [-0.3, -0.25) is 4.90 Å². The summed E-state index contributed by atoms with van der Waals surface area (Å²) in [7, 11) is 0. The van der Waals surface area contributed by atoms with Crippen LogP contribution < -0.4 is 14.4 Å². The molecule has 4 heterocycles. The van der Waals surface area contributed by atoms with Gasteiger partial charge in [-0.05, 0) is 70.8 Å². The van der Waals surface area contributed by atoms with Crippen LogP contribution in [0.5, 0.6) is 23.0 Å². The van der Waals surface area contributed by atoms with Crippen LogP contribution in [0.2, 0.25) is 0 Å². The number of pyridine rings is 1. The largest absolute Gasteiger partial charge is 0.448 e. The molecule has 3 aromatic heterocycles. The smallest absolute Gasteiger partial charge is 0.227 e. The van der Waals surface area contributed by atoms with E-state index >= 15 is 0 Å². The minimum atomic E-state index is 0.641. The molecule has 9 aromatic rings. The van der Waals surface area contributed by atoms with E-state index in [9.17, 15) is 0 Å². The van der Waals surface area contributed by atoms with Gasteiger partial charge in [-0.25, -0.2) is 4.98 Å². The van der Waals surface area contributed by atoms with Crippen molar-refractivity contribution in [3.63, 3.8) is 0 Å². The number of hydrogen-bond acceptors (Lipinski definition) is 6. The number of thiophene rings is 1. The first-order valence-corrected chi connectivity index (χ1v) is 17.6. The Morgan fingerprint density at radius 3 is 1.76 bits per heavy atom. The molecule has 6 aromatic carbocycles. The molecule has 0 spiro atoms. The van der Waals surface area contributed by atoms with Crippen molar-refractivity contribution in [2.24, 2.45) is 0 Å². The fourth-order valence-electron chi connectivity index (χ4n) is 6.81. The highest BCUT2D eigenvalue weighted by molar-refractivity contribution is 7.20. The zero-order valence-electron chi connectivity index (χ0n) is 27.2. The van der Waals surface area contributed by atoms with Gasteiger partial charge in [0.15, 0.2) is 17.2 Å². The van der Waals surface area contributed by atoms with E-state index < -0.39 is 0 Å². The van der Waals surface area contributed by atoms with Crippen LogP contribution in [0.1, 0.15) is 0 Å². The highest BCUT2D eigenvalue weighted by atomic mass is 32.1. The Labute approximate surface area is 298 Å². The number of anilines is 3. The third kappa shape index (κ3) is 5.04. The zero-order valence-corrected chi connectivity index (χ0v) is 28.0. The van der Waals surface area contributed by atoms with E-state index in [2.05, 4.69) is 131 Å². The lowest BCUT2D eigenvalue weighted by Gasteiger charge is -2.27. The molecule has 0 bridgehead atoms. The van der Waals surface area contributed by atoms with Gasteiger partial charge < -0.3 is 13.9 Å². The van der Waals surface area contributed by atoms with Crippen LogP contribution in [0.4, 0.5) is 16.4 Å². The molecule has 0 saturated heterocycles. The van der Waals surface area contributed by atoms with Crippen molar-refractivity contribution in [2.45, 2.75) is 0 Å². The van der Waals surface area contributed by atoms with Crippen LogP contribution in [0.3, 0.4) is 0 Å². The molecule has 6 heteroatoms. The molecule has 0 amide bonds. The number of para-hydroxylation sites is 3. The zero-order chi connectivity index (χ0) is 33.7. The molecule has 5 nitrogen and oxygen atoms in total. The van der Waals surface area contributed by atoms with Crippen LogP contribution >= 0.6 is 11.3 Å². The summed E-state index contributed by atoms with van der Waals surface area (Å²) >= 11 is 1.66. The number of fused-ring (bicyclic) bond motifs is 5. The topological polar surface area (TPSA) is 47.7 Å². The van der Waals surface area contributed by atoms with Crippen LogP contribution in [-0.2, 0) is 0 Å². The lowest BCUT2D eigenvalue weighted by Crippen LogP contribution is -2.10. The number of benzene rings is 6. The van der Waals surface area contributed by atoms with E-state index in [1.54, 1.807) is 17.5 Å². The summed E-state index contributed by atoms with van der Waals surface area (Å²) in [6, 6.07) is 56.2. The number of ether oxygens (including phenoxy) is 2. The molecule has 0 N–H and O–H groups in total. The Hall–Kier alpha value is -6.63. The van der Waals surface area contributed by atoms with Crippen LogP contribution in [-0.4, -0.2) is 4.98 Å². The third-order valence-electron chi connectivity index (χ3n) is 9.26. The molecule has 242 valence electrons. The number of aromatic nitrogens is 1. The Morgan fingerprint density at radius 2 is 1.06 bits per heavy atom. The van der Waals surface area contributed by atoms with Gasteiger partial charge in [0.05, 0.1) is 4.88 Å². The number of furan rings is 1. The lowest BCUT2D eigenvalue weighted by atomic mass is 10.0. The molecule has 0 unspecified atom stereocenters. The van der Waals surface area contributed by atoms with Gasteiger partial charge in [-0.2, -0.15) is 0 Å². The van der Waals surface area contributed by atoms with Crippen molar-refractivity contribution in [3.05, 3.63) is 170 Å². The summed E-state index contributed by atoms with van der Waals surface area (Å²) in [5, 5.41) is 2.98. The number of hydrogen-bond donors (Lipinski definition) is 0. The van der Waals surface area contributed by atoms with Crippen LogP contribution in [0.15, 0.2) is 174 Å². The minimum Gasteiger partial charge on any atom is -0.448 e. The second kappa shape index (κ2) is 12.1. The van der Waals surface area contributed by atoms with Gasteiger partial charge in [0.25, 0.3) is 0 Å². The van der Waals surface area contributed by atoms with Gasteiger partial charge >= 0.3 is 0 Å². The van der Waals surface area contributed by atoms with E-state index in [1.165, 1.54) is 5.56 Å². The number of nitrogens with zero attached hydrogens (tertiary/aromatic N) is 2. The molecule has 1 aliphatic heterocycles. The molecular weight excluding hydrogens is 649 g/mol. The van der Waals surface area contributed by atoms with Gasteiger partial charge in [-0.1, -0.05) is 115 Å². The molecule has 1 aliphatic rings. The van der Waals surface area contributed by atoms with Crippen molar-refractivity contribution in [3.8, 4) is 55.7 Å². The summed E-state index contributed by atoms with van der Waals surface area (Å²) in [4.78, 5) is 7.73. The van der Waals surface area contributed by atoms with E-state index in [0.717, 1.165) is 59.9 Å². The fraction of sp³-hybridized carbons (Fsp3) is 0. The van der Waals surface area contributed by atoms with Gasteiger partial charge in [-0.15, -0.1) is 11.3 Å². The molecule has 0 fully saturated rings. The second-order valence-electron chi connectivity index (χ2n) is 12.3. The maximum absolute atomic E-state index is 6.72. The van der Waals surface area contributed by atoms with Crippen molar-refractivity contribution in [1.29, 1.82) is 0 Å². The van der Waals surface area contributed by atoms with Crippen molar-refractivity contribution >= 4 is 49.8 Å². The quantitative estimate of drug-likeness (QED) is 0.175. The predicted octanol–water partition coefficient (Wildman–Crippen LogP) is 13.4. The van der Waals surface area contributed by atoms with Crippen molar-refractivity contribution in [1.82, 2.24) is 4.98 Å². The monoisotopic (exact) mass is 676 g/mol. The summed E-state index contributed by atoms with van der Waals surface area (Å²) < 4.78 is 19.6. The van der Waals surface area contributed by atoms with Crippen molar-refractivity contribution < 1.29 is 13.9 Å². The van der Waals surface area contributed by atoms with Gasteiger partial charge in [0.1, 0.15) is 10.6 Å². The molecule has 0 saturated carbocycles. The maximum Gasteiger partial charge on any atom is 0.227 e. The molecule has 0 aliphatic carbocycles. The SMILES string of the molecule is c1ccc(-c2ccc(N(c3ccc(-c4cccc5c4oc4ncccc45)cc3)c3sc(-c4ccccc4)c4c3Oc3ccccc3O4)cc2)cc1. The van der Waals surface area contributed by atoms with Crippen LogP contribution in [0, 0.1) is 0 Å². The molecule has 0 radical (unpaired) electrons. The normalized spacial score (nSPS) is 11.8. The second-order valence-corrected chi connectivity index (χ2v) is 13.3. The van der Waals surface area contributed by atoms with E-state index in [-0.39, 0.29) is 0 Å². The molecule has 0 atom stereocenters. The summed E-state index contributed by atoms with van der Waals surface area (Å²) in [6.45, 7) is 0.